The zero-order valence-electron chi connectivity index (χ0n) is 7.56. The molecule has 11 heavy (non-hydrogen) atoms. The average molecular weight is 160 g/mol. The number of rotatable bonds is 6. The van der Waals surface area contributed by atoms with E-state index in [0.29, 0.717) is 13.1 Å². The summed E-state index contributed by atoms with van der Waals surface area (Å²) in [5, 5.41) is 12.7. The Morgan fingerprint density at radius 1 is 1.55 bits per heavy atom. The maximum atomic E-state index is 9.53. The van der Waals surface area contributed by atoms with E-state index in [1.54, 1.807) is 0 Å². The number of aliphatic hydroxyl groups is 1. The SMILES string of the molecule is CCC(C)(O)CNCCCN. The van der Waals surface area contributed by atoms with Gasteiger partial charge in [-0.25, -0.2) is 0 Å². The first-order chi connectivity index (χ1) is 5.12. The van der Waals surface area contributed by atoms with Gasteiger partial charge in [-0.2, -0.15) is 0 Å². The van der Waals surface area contributed by atoms with Gasteiger partial charge in [-0.1, -0.05) is 6.92 Å². The van der Waals surface area contributed by atoms with Crippen LogP contribution in [0.5, 0.6) is 0 Å². The number of hydrogen-bond donors (Lipinski definition) is 3. The van der Waals surface area contributed by atoms with Gasteiger partial charge >= 0.3 is 0 Å². The molecule has 0 aliphatic carbocycles. The molecule has 0 amide bonds. The van der Waals surface area contributed by atoms with Crippen molar-refractivity contribution in [3.05, 3.63) is 0 Å². The maximum Gasteiger partial charge on any atom is 0.0740 e. The van der Waals surface area contributed by atoms with E-state index < -0.39 is 5.60 Å². The van der Waals surface area contributed by atoms with Crippen molar-refractivity contribution in [2.45, 2.75) is 32.3 Å². The molecular weight excluding hydrogens is 140 g/mol. The van der Waals surface area contributed by atoms with E-state index in [1.165, 1.54) is 0 Å². The summed E-state index contributed by atoms with van der Waals surface area (Å²) in [5.74, 6) is 0. The van der Waals surface area contributed by atoms with E-state index in [9.17, 15) is 5.11 Å². The fourth-order valence-electron chi connectivity index (χ4n) is 0.710. The number of nitrogens with two attached hydrogens (primary N) is 1. The second-order valence-corrected chi connectivity index (χ2v) is 3.17. The van der Waals surface area contributed by atoms with Gasteiger partial charge in [0.1, 0.15) is 0 Å². The van der Waals surface area contributed by atoms with Crippen LogP contribution in [0.3, 0.4) is 0 Å². The smallest absolute Gasteiger partial charge is 0.0740 e. The summed E-state index contributed by atoms with van der Waals surface area (Å²) >= 11 is 0. The van der Waals surface area contributed by atoms with Crippen molar-refractivity contribution in [2.75, 3.05) is 19.6 Å². The Balaban J connectivity index is 3.23. The van der Waals surface area contributed by atoms with Crippen LogP contribution in [0.4, 0.5) is 0 Å². The topological polar surface area (TPSA) is 58.3 Å². The molecule has 0 heterocycles. The monoisotopic (exact) mass is 160 g/mol. The van der Waals surface area contributed by atoms with Crippen molar-refractivity contribution >= 4 is 0 Å². The minimum atomic E-state index is -0.561. The molecule has 0 aromatic heterocycles. The van der Waals surface area contributed by atoms with E-state index in [-0.39, 0.29) is 0 Å². The van der Waals surface area contributed by atoms with Gasteiger partial charge in [-0.3, -0.25) is 0 Å². The molecule has 0 saturated heterocycles. The van der Waals surface area contributed by atoms with Crippen LogP contribution in [0.25, 0.3) is 0 Å². The van der Waals surface area contributed by atoms with Gasteiger partial charge < -0.3 is 16.2 Å². The lowest BCUT2D eigenvalue weighted by Gasteiger charge is -2.21. The Morgan fingerprint density at radius 2 is 2.18 bits per heavy atom. The summed E-state index contributed by atoms with van der Waals surface area (Å²) in [5.41, 5.74) is 4.75. The van der Waals surface area contributed by atoms with Gasteiger partial charge in [0.15, 0.2) is 0 Å². The maximum absolute atomic E-state index is 9.53. The van der Waals surface area contributed by atoms with Gasteiger partial charge in [-0.05, 0) is 32.9 Å². The Hall–Kier alpha value is -0.120. The molecule has 1 atom stereocenters. The van der Waals surface area contributed by atoms with Crippen LogP contribution in [0.15, 0.2) is 0 Å². The lowest BCUT2D eigenvalue weighted by atomic mass is 10.0. The van der Waals surface area contributed by atoms with Crippen molar-refractivity contribution in [2.24, 2.45) is 5.73 Å². The molecule has 0 spiro atoms. The van der Waals surface area contributed by atoms with Crippen LogP contribution >= 0.6 is 0 Å². The molecule has 0 bridgehead atoms. The quantitative estimate of drug-likeness (QED) is 0.482. The van der Waals surface area contributed by atoms with Crippen molar-refractivity contribution < 1.29 is 5.11 Å². The first-order valence-electron chi connectivity index (χ1n) is 4.25. The highest BCUT2D eigenvalue weighted by Crippen LogP contribution is 2.05. The van der Waals surface area contributed by atoms with E-state index in [4.69, 9.17) is 5.73 Å². The molecule has 68 valence electrons. The predicted molar refractivity (Wildman–Crippen MR) is 47.5 cm³/mol. The third kappa shape index (κ3) is 6.28. The lowest BCUT2D eigenvalue weighted by molar-refractivity contribution is 0.0560. The Kier molecular flexibility index (Phi) is 5.46. The van der Waals surface area contributed by atoms with Gasteiger partial charge in [0, 0.05) is 6.54 Å². The highest BCUT2D eigenvalue weighted by atomic mass is 16.3. The summed E-state index contributed by atoms with van der Waals surface area (Å²) in [7, 11) is 0. The summed E-state index contributed by atoms with van der Waals surface area (Å²) < 4.78 is 0. The van der Waals surface area contributed by atoms with Crippen molar-refractivity contribution in [1.82, 2.24) is 5.32 Å². The fraction of sp³-hybridized carbons (Fsp3) is 1.00. The predicted octanol–water partition coefficient (Wildman–Crippen LogP) is 0.0858. The molecule has 0 aliphatic heterocycles. The van der Waals surface area contributed by atoms with Gasteiger partial charge in [0.25, 0.3) is 0 Å². The molecule has 0 fully saturated rings. The van der Waals surface area contributed by atoms with E-state index in [1.807, 2.05) is 13.8 Å². The normalized spacial score (nSPS) is 16.4. The van der Waals surface area contributed by atoms with E-state index in [0.717, 1.165) is 19.4 Å². The van der Waals surface area contributed by atoms with Crippen LogP contribution in [0.2, 0.25) is 0 Å². The third-order valence-electron chi connectivity index (χ3n) is 1.83. The highest BCUT2D eigenvalue weighted by molar-refractivity contribution is 4.72. The minimum absolute atomic E-state index is 0.561. The first-order valence-corrected chi connectivity index (χ1v) is 4.25. The summed E-state index contributed by atoms with van der Waals surface area (Å²) in [4.78, 5) is 0. The standard InChI is InChI=1S/C8H20N2O/c1-3-8(2,11)7-10-6-4-5-9/h10-11H,3-7,9H2,1-2H3. The molecule has 3 heteroatoms. The highest BCUT2D eigenvalue weighted by Gasteiger charge is 2.15. The fourth-order valence-corrected chi connectivity index (χ4v) is 0.710. The van der Waals surface area contributed by atoms with Gasteiger partial charge in [0.2, 0.25) is 0 Å². The minimum Gasteiger partial charge on any atom is -0.389 e. The largest absolute Gasteiger partial charge is 0.389 e. The second-order valence-electron chi connectivity index (χ2n) is 3.17. The average Bonchev–Trinajstić information content (AvgIpc) is 1.99. The van der Waals surface area contributed by atoms with Crippen LogP contribution < -0.4 is 11.1 Å². The van der Waals surface area contributed by atoms with Crippen LogP contribution in [0, 0.1) is 0 Å². The van der Waals surface area contributed by atoms with Gasteiger partial charge in [0.05, 0.1) is 5.60 Å². The molecule has 0 aromatic rings. The van der Waals surface area contributed by atoms with Crippen molar-refractivity contribution in [1.29, 1.82) is 0 Å². The van der Waals surface area contributed by atoms with E-state index in [2.05, 4.69) is 5.32 Å². The molecule has 0 saturated carbocycles. The summed E-state index contributed by atoms with van der Waals surface area (Å²) in [6.07, 6.45) is 1.75. The first kappa shape index (κ1) is 10.9. The molecule has 0 aromatic carbocycles. The number of hydrogen-bond acceptors (Lipinski definition) is 3. The Bertz CT molecular complexity index is 94.1. The van der Waals surface area contributed by atoms with Crippen LogP contribution in [-0.2, 0) is 0 Å². The zero-order valence-corrected chi connectivity index (χ0v) is 7.56. The molecular formula is C8H20N2O. The zero-order chi connectivity index (χ0) is 8.74. The van der Waals surface area contributed by atoms with Crippen molar-refractivity contribution in [3.63, 3.8) is 0 Å². The second kappa shape index (κ2) is 5.52. The third-order valence-corrected chi connectivity index (χ3v) is 1.83. The molecule has 4 N–H and O–H groups in total. The summed E-state index contributed by atoms with van der Waals surface area (Å²) in [6.45, 7) is 6.07. The van der Waals surface area contributed by atoms with E-state index >= 15 is 0 Å². The number of nitrogens with one attached hydrogen (secondary N) is 1. The molecule has 0 rings (SSSR count). The van der Waals surface area contributed by atoms with Crippen molar-refractivity contribution in [3.8, 4) is 0 Å². The molecule has 0 aliphatic rings. The summed E-state index contributed by atoms with van der Waals surface area (Å²) in [6, 6.07) is 0. The molecule has 3 nitrogen and oxygen atoms in total. The Labute approximate surface area is 69.0 Å². The van der Waals surface area contributed by atoms with Gasteiger partial charge in [-0.15, -0.1) is 0 Å². The molecule has 1 unspecified atom stereocenters. The lowest BCUT2D eigenvalue weighted by Crippen LogP contribution is -2.37. The molecule has 0 radical (unpaired) electrons. The van der Waals surface area contributed by atoms with Crippen LogP contribution in [-0.4, -0.2) is 30.3 Å². The Morgan fingerprint density at radius 3 is 2.64 bits per heavy atom. The van der Waals surface area contributed by atoms with Crippen LogP contribution in [0.1, 0.15) is 26.7 Å².